The van der Waals surface area contributed by atoms with Crippen LogP contribution in [0.15, 0.2) is 66.9 Å². The van der Waals surface area contributed by atoms with Crippen molar-refractivity contribution >= 4 is 11.4 Å². The fourth-order valence-electron chi connectivity index (χ4n) is 4.93. The molecule has 2 aliphatic heterocycles. The molecule has 0 bridgehead atoms. The molecular weight excluding hydrogens is 436 g/mol. The lowest BCUT2D eigenvalue weighted by atomic mass is 9.88. The molecule has 182 valence electrons. The second-order valence-corrected chi connectivity index (χ2v) is 9.44. The summed E-state index contributed by atoms with van der Waals surface area (Å²) in [7, 11) is 0. The summed E-state index contributed by atoms with van der Waals surface area (Å²) in [5.41, 5.74) is 8.01. The first kappa shape index (κ1) is 23.4. The maximum atomic E-state index is 9.18. The van der Waals surface area contributed by atoms with Crippen molar-refractivity contribution in [2.75, 3.05) is 49.5 Å². The molecule has 0 aliphatic carbocycles. The maximum Gasteiger partial charge on any atom is 0.130 e. The van der Waals surface area contributed by atoms with E-state index in [4.69, 9.17) is 9.72 Å². The Hall–Kier alpha value is -3.35. The monoisotopic (exact) mass is 470 g/mol. The minimum atomic E-state index is 0.219. The normalized spacial score (nSPS) is 17.7. The highest BCUT2D eigenvalue weighted by molar-refractivity contribution is 5.63. The average molecular weight is 471 g/mol. The molecule has 6 nitrogen and oxygen atoms in total. The summed E-state index contributed by atoms with van der Waals surface area (Å²) in [6.07, 6.45) is 4.22. The summed E-state index contributed by atoms with van der Waals surface area (Å²) in [5.74, 6) is 1.07. The largest absolute Gasteiger partial charge is 0.487 e. The Kier molecular flexibility index (Phi) is 7.02. The third-order valence-electron chi connectivity index (χ3n) is 6.86. The number of allylic oxidation sites excluding steroid dienone is 1. The number of anilines is 2. The van der Waals surface area contributed by atoms with E-state index in [1.807, 2.05) is 13.1 Å². The van der Waals surface area contributed by atoms with Gasteiger partial charge in [-0.1, -0.05) is 42.0 Å². The molecule has 0 spiro atoms. The Morgan fingerprint density at radius 1 is 1.00 bits per heavy atom. The summed E-state index contributed by atoms with van der Waals surface area (Å²) in [4.78, 5) is 9.41. The number of nitrogens with one attached hydrogen (secondary N) is 1. The number of fused-ring (bicyclic) bond motifs is 1. The number of piperazine rings is 1. The first-order valence-corrected chi connectivity index (χ1v) is 12.4. The van der Waals surface area contributed by atoms with Gasteiger partial charge in [0.05, 0.1) is 12.3 Å². The molecular formula is C29H34N4O2. The van der Waals surface area contributed by atoms with Crippen molar-refractivity contribution in [3.05, 3.63) is 95.0 Å². The van der Waals surface area contributed by atoms with Crippen LogP contribution in [0.1, 0.15) is 34.0 Å². The van der Waals surface area contributed by atoms with Crippen LogP contribution in [0.2, 0.25) is 0 Å². The quantitative estimate of drug-likeness (QED) is 0.532. The number of rotatable bonds is 7. The van der Waals surface area contributed by atoms with Gasteiger partial charge in [0.15, 0.2) is 0 Å². The van der Waals surface area contributed by atoms with E-state index >= 15 is 0 Å². The first-order chi connectivity index (χ1) is 17.1. The smallest absolute Gasteiger partial charge is 0.130 e. The minimum absolute atomic E-state index is 0.219. The Morgan fingerprint density at radius 2 is 1.80 bits per heavy atom. The van der Waals surface area contributed by atoms with Crippen LogP contribution in [0.3, 0.4) is 0 Å². The number of nitrogens with zero attached hydrogens (tertiary/aromatic N) is 3. The number of aryl methyl sites for hydroxylation is 2. The Labute approximate surface area is 207 Å². The second kappa shape index (κ2) is 10.5. The molecule has 0 radical (unpaired) electrons. The van der Waals surface area contributed by atoms with Gasteiger partial charge in [0.25, 0.3) is 0 Å². The molecule has 5 rings (SSSR count). The van der Waals surface area contributed by atoms with Crippen LogP contribution in [0.5, 0.6) is 5.75 Å². The fourth-order valence-corrected chi connectivity index (χ4v) is 4.93. The van der Waals surface area contributed by atoms with Crippen LogP contribution < -0.4 is 15.0 Å². The van der Waals surface area contributed by atoms with Gasteiger partial charge in [-0.2, -0.15) is 0 Å². The molecule has 35 heavy (non-hydrogen) atoms. The number of benzene rings is 2. The highest BCUT2D eigenvalue weighted by Crippen LogP contribution is 2.37. The number of aliphatic hydroxyl groups is 1. The molecule has 1 atom stereocenters. The van der Waals surface area contributed by atoms with Crippen LogP contribution >= 0.6 is 0 Å². The van der Waals surface area contributed by atoms with Gasteiger partial charge in [0.2, 0.25) is 0 Å². The zero-order chi connectivity index (χ0) is 24.2. The molecule has 0 saturated carbocycles. The van der Waals surface area contributed by atoms with E-state index in [0.717, 1.165) is 55.5 Å². The molecule has 1 unspecified atom stereocenters. The number of hydrogen-bond donors (Lipinski definition) is 2. The molecule has 2 aliphatic rings. The van der Waals surface area contributed by atoms with Crippen LogP contribution in [0.4, 0.5) is 11.4 Å². The van der Waals surface area contributed by atoms with Crippen LogP contribution in [0.25, 0.3) is 0 Å². The molecule has 0 amide bonds. The second-order valence-electron chi connectivity index (χ2n) is 9.44. The summed E-state index contributed by atoms with van der Waals surface area (Å²) in [5, 5.41) is 12.6. The van der Waals surface area contributed by atoms with E-state index in [2.05, 4.69) is 82.7 Å². The SMILES string of the molecule is Cc1ccc(C2C=CNc3cc(OCc4cc(N5CCN(CCO)CC5)cc(C)n4)ccc32)cc1. The van der Waals surface area contributed by atoms with Crippen LogP contribution in [-0.4, -0.2) is 54.3 Å². The molecule has 6 heteroatoms. The van der Waals surface area contributed by atoms with Gasteiger partial charge in [0.1, 0.15) is 12.4 Å². The highest BCUT2D eigenvalue weighted by Gasteiger charge is 2.20. The van der Waals surface area contributed by atoms with Crippen molar-refractivity contribution in [3.63, 3.8) is 0 Å². The van der Waals surface area contributed by atoms with Gasteiger partial charge in [-0.05, 0) is 49.4 Å². The van der Waals surface area contributed by atoms with Crippen molar-refractivity contribution in [3.8, 4) is 5.75 Å². The van der Waals surface area contributed by atoms with E-state index in [1.54, 1.807) is 0 Å². The van der Waals surface area contributed by atoms with E-state index < -0.39 is 0 Å². The molecule has 2 N–H and O–H groups in total. The number of hydrogen-bond acceptors (Lipinski definition) is 6. The number of aromatic nitrogens is 1. The predicted octanol–water partition coefficient (Wildman–Crippen LogP) is 4.46. The third kappa shape index (κ3) is 5.50. The number of aliphatic hydroxyl groups excluding tert-OH is 1. The zero-order valence-corrected chi connectivity index (χ0v) is 20.6. The zero-order valence-electron chi connectivity index (χ0n) is 20.6. The van der Waals surface area contributed by atoms with E-state index in [9.17, 15) is 5.11 Å². The molecule has 1 fully saturated rings. The fraction of sp³-hybridized carbons (Fsp3) is 0.345. The Morgan fingerprint density at radius 3 is 2.57 bits per heavy atom. The number of pyridine rings is 1. The van der Waals surface area contributed by atoms with Crippen molar-refractivity contribution in [1.29, 1.82) is 0 Å². The van der Waals surface area contributed by atoms with Gasteiger partial charge in [-0.15, -0.1) is 0 Å². The van der Waals surface area contributed by atoms with Crippen molar-refractivity contribution in [2.45, 2.75) is 26.4 Å². The highest BCUT2D eigenvalue weighted by atomic mass is 16.5. The predicted molar refractivity (Wildman–Crippen MR) is 141 cm³/mol. The molecule has 1 saturated heterocycles. The van der Waals surface area contributed by atoms with Gasteiger partial charge < -0.3 is 20.1 Å². The minimum Gasteiger partial charge on any atom is -0.487 e. The first-order valence-electron chi connectivity index (χ1n) is 12.4. The standard InChI is InChI=1S/C29H34N4O2/c1-21-3-5-23(6-4-21)27-9-10-30-29-19-26(7-8-28(27)29)35-20-24-18-25(17-22(2)31-24)33-13-11-32(12-14-33)15-16-34/h3-10,17-19,27,30,34H,11-16,20H2,1-2H3. The lowest BCUT2D eigenvalue weighted by molar-refractivity contribution is 0.189. The van der Waals surface area contributed by atoms with Crippen molar-refractivity contribution < 1.29 is 9.84 Å². The van der Waals surface area contributed by atoms with E-state index in [0.29, 0.717) is 6.61 Å². The van der Waals surface area contributed by atoms with Crippen LogP contribution in [-0.2, 0) is 6.61 Å². The van der Waals surface area contributed by atoms with Crippen molar-refractivity contribution in [2.24, 2.45) is 0 Å². The molecule has 1 aromatic heterocycles. The van der Waals surface area contributed by atoms with Gasteiger partial charge in [-0.25, -0.2) is 0 Å². The van der Waals surface area contributed by atoms with Gasteiger partial charge in [-0.3, -0.25) is 9.88 Å². The Balaban J connectivity index is 1.26. The summed E-state index contributed by atoms with van der Waals surface area (Å²) in [6, 6.07) is 19.3. The van der Waals surface area contributed by atoms with Crippen molar-refractivity contribution in [1.82, 2.24) is 9.88 Å². The van der Waals surface area contributed by atoms with Crippen LogP contribution in [0, 0.1) is 13.8 Å². The lowest BCUT2D eigenvalue weighted by Crippen LogP contribution is -2.47. The van der Waals surface area contributed by atoms with E-state index in [1.165, 1.54) is 22.4 Å². The average Bonchev–Trinajstić information content (AvgIpc) is 2.88. The summed E-state index contributed by atoms with van der Waals surface area (Å²) in [6.45, 7) is 9.39. The molecule has 3 heterocycles. The van der Waals surface area contributed by atoms with Gasteiger partial charge in [0, 0.05) is 61.8 Å². The van der Waals surface area contributed by atoms with Gasteiger partial charge >= 0.3 is 0 Å². The lowest BCUT2D eigenvalue weighted by Gasteiger charge is -2.36. The number of β-amino-alcohol motifs (C(OH)–C–C–N with tert-alkyl or cyclic N) is 1. The summed E-state index contributed by atoms with van der Waals surface area (Å²) >= 11 is 0. The third-order valence-corrected chi connectivity index (χ3v) is 6.86. The summed E-state index contributed by atoms with van der Waals surface area (Å²) < 4.78 is 6.18. The Bertz CT molecular complexity index is 1180. The maximum absolute atomic E-state index is 9.18. The topological polar surface area (TPSA) is 60.9 Å². The molecule has 2 aromatic carbocycles. The number of ether oxygens (including phenoxy) is 1. The van der Waals surface area contributed by atoms with E-state index in [-0.39, 0.29) is 12.5 Å². The molecule has 3 aromatic rings.